The fourth-order valence-corrected chi connectivity index (χ4v) is 2.78. The van der Waals surface area contributed by atoms with Crippen LogP contribution in [-0.2, 0) is 0 Å². The summed E-state index contributed by atoms with van der Waals surface area (Å²) in [7, 11) is 0. The maximum absolute atomic E-state index is 11.7. The highest BCUT2D eigenvalue weighted by Crippen LogP contribution is 2.10. The number of anilines is 2. The zero-order valence-corrected chi connectivity index (χ0v) is 14.2. The summed E-state index contributed by atoms with van der Waals surface area (Å²) in [4.78, 5) is 24.9. The first-order valence-electron chi connectivity index (χ1n) is 8.59. The van der Waals surface area contributed by atoms with Gasteiger partial charge < -0.3 is 15.5 Å². The van der Waals surface area contributed by atoms with Gasteiger partial charge >= 0.3 is 6.03 Å². The van der Waals surface area contributed by atoms with Crippen molar-refractivity contribution in [1.82, 2.24) is 30.4 Å². The van der Waals surface area contributed by atoms with E-state index in [-0.39, 0.29) is 6.03 Å². The summed E-state index contributed by atoms with van der Waals surface area (Å²) in [5, 5.41) is 12.0. The van der Waals surface area contributed by atoms with Crippen molar-refractivity contribution in [2.24, 2.45) is 0 Å². The largest absolute Gasteiger partial charge is 0.338 e. The first-order chi connectivity index (χ1) is 12.3. The lowest BCUT2D eigenvalue weighted by Crippen LogP contribution is -2.47. The smallest absolute Gasteiger partial charge is 0.319 e. The van der Waals surface area contributed by atoms with Gasteiger partial charge in [0.05, 0.1) is 11.9 Å². The Labute approximate surface area is 146 Å². The molecule has 3 N–H and O–H groups in total. The number of hydrogen-bond donors (Lipinski definition) is 3. The second kappa shape index (κ2) is 8.97. The number of piperazine rings is 1. The highest BCUT2D eigenvalue weighted by molar-refractivity contribution is 5.88. The summed E-state index contributed by atoms with van der Waals surface area (Å²) in [6.45, 7) is 5.67. The van der Waals surface area contributed by atoms with Crippen molar-refractivity contribution in [3.63, 3.8) is 0 Å². The molecule has 0 radical (unpaired) electrons. The Bertz CT molecular complexity index is 625. The molecule has 3 heterocycles. The normalized spacial score (nSPS) is 15.1. The number of unbranched alkanes of at least 4 members (excludes halogenated alkanes) is 1. The van der Waals surface area contributed by atoms with E-state index in [1.165, 1.54) is 0 Å². The topological polar surface area (TPSA) is 102 Å². The Morgan fingerprint density at radius 3 is 2.68 bits per heavy atom. The molecule has 9 heteroatoms. The Kier molecular flexibility index (Phi) is 6.16. The number of carbonyl (C=O) groups excluding carboxylic acids is 1. The van der Waals surface area contributed by atoms with Gasteiger partial charge in [-0.05, 0) is 25.5 Å². The monoisotopic (exact) mass is 344 g/mol. The van der Waals surface area contributed by atoms with Crippen molar-refractivity contribution in [2.45, 2.75) is 12.8 Å². The van der Waals surface area contributed by atoms with Gasteiger partial charge in [0.1, 0.15) is 0 Å². The van der Waals surface area contributed by atoms with Crippen LogP contribution in [0.5, 0.6) is 0 Å². The molecule has 134 valence electrons. The van der Waals surface area contributed by atoms with Gasteiger partial charge in [0.15, 0.2) is 0 Å². The number of urea groups is 1. The number of carbonyl (C=O) groups is 1. The van der Waals surface area contributed by atoms with Crippen LogP contribution in [0.25, 0.3) is 0 Å². The molecule has 25 heavy (non-hydrogen) atoms. The molecule has 0 aromatic carbocycles. The average molecular weight is 344 g/mol. The van der Waals surface area contributed by atoms with Crippen LogP contribution in [0.4, 0.5) is 16.4 Å². The molecule has 0 spiro atoms. The molecule has 0 saturated carbocycles. The minimum absolute atomic E-state index is 0.196. The van der Waals surface area contributed by atoms with E-state index in [0.29, 0.717) is 12.2 Å². The molecule has 1 fully saturated rings. The molecule has 2 aromatic heterocycles. The molecule has 1 aliphatic heterocycles. The van der Waals surface area contributed by atoms with Crippen molar-refractivity contribution in [3.8, 4) is 0 Å². The van der Waals surface area contributed by atoms with E-state index in [1.807, 2.05) is 6.07 Å². The fourth-order valence-electron chi connectivity index (χ4n) is 2.78. The van der Waals surface area contributed by atoms with Crippen LogP contribution < -0.4 is 15.5 Å². The van der Waals surface area contributed by atoms with Crippen LogP contribution in [0.2, 0.25) is 0 Å². The van der Waals surface area contributed by atoms with Gasteiger partial charge in [-0.1, -0.05) is 0 Å². The lowest BCUT2D eigenvalue weighted by atomic mass is 10.2. The van der Waals surface area contributed by atoms with E-state index < -0.39 is 0 Å². The minimum atomic E-state index is -0.196. The van der Waals surface area contributed by atoms with E-state index >= 15 is 0 Å². The minimum Gasteiger partial charge on any atom is -0.338 e. The van der Waals surface area contributed by atoms with Crippen molar-refractivity contribution < 1.29 is 4.79 Å². The quantitative estimate of drug-likeness (QED) is 0.646. The summed E-state index contributed by atoms with van der Waals surface area (Å²) in [6.07, 6.45) is 8.79. The maximum Gasteiger partial charge on any atom is 0.319 e. The number of nitrogens with one attached hydrogen (secondary N) is 3. The fraction of sp³-hybridized carbons (Fsp3) is 0.500. The Hall–Kier alpha value is -2.68. The zero-order chi connectivity index (χ0) is 17.3. The molecule has 3 rings (SSSR count). The Morgan fingerprint density at radius 2 is 1.96 bits per heavy atom. The predicted octanol–water partition coefficient (Wildman–Crippen LogP) is 0.924. The molecule has 0 bridgehead atoms. The molecule has 0 atom stereocenters. The van der Waals surface area contributed by atoms with Crippen LogP contribution in [0.1, 0.15) is 12.8 Å². The van der Waals surface area contributed by atoms with Crippen molar-refractivity contribution >= 4 is 17.7 Å². The average Bonchev–Trinajstić information content (AvgIpc) is 3.15. The molecule has 9 nitrogen and oxygen atoms in total. The number of amides is 2. The van der Waals surface area contributed by atoms with Crippen molar-refractivity contribution in [2.75, 3.05) is 49.5 Å². The highest BCUT2D eigenvalue weighted by Gasteiger charge is 2.18. The lowest BCUT2D eigenvalue weighted by molar-refractivity contribution is 0.246. The van der Waals surface area contributed by atoms with Gasteiger partial charge in [-0.2, -0.15) is 5.10 Å². The van der Waals surface area contributed by atoms with Crippen LogP contribution in [-0.4, -0.2) is 70.4 Å². The molecule has 1 aliphatic rings. The van der Waals surface area contributed by atoms with E-state index in [4.69, 9.17) is 0 Å². The number of H-pyrrole nitrogens is 1. The van der Waals surface area contributed by atoms with Crippen LogP contribution >= 0.6 is 0 Å². The first kappa shape index (κ1) is 17.2. The van der Waals surface area contributed by atoms with Gasteiger partial charge in [-0.3, -0.25) is 10.00 Å². The molecule has 0 aliphatic carbocycles. The molecule has 2 aromatic rings. The summed E-state index contributed by atoms with van der Waals surface area (Å²) in [5.41, 5.74) is 0.665. The van der Waals surface area contributed by atoms with Gasteiger partial charge in [0.25, 0.3) is 0 Å². The summed E-state index contributed by atoms with van der Waals surface area (Å²) >= 11 is 0. The molecule has 2 amide bonds. The predicted molar refractivity (Wildman–Crippen MR) is 95.5 cm³/mol. The van der Waals surface area contributed by atoms with E-state index in [2.05, 4.69) is 40.6 Å². The first-order valence-corrected chi connectivity index (χ1v) is 8.59. The maximum atomic E-state index is 11.7. The summed E-state index contributed by atoms with van der Waals surface area (Å²) in [5.74, 6) is 0.815. The van der Waals surface area contributed by atoms with Crippen molar-refractivity contribution in [3.05, 3.63) is 30.9 Å². The van der Waals surface area contributed by atoms with Crippen LogP contribution in [0.3, 0.4) is 0 Å². The lowest BCUT2D eigenvalue weighted by Gasteiger charge is -2.34. The summed E-state index contributed by atoms with van der Waals surface area (Å²) in [6, 6.07) is 1.64. The zero-order valence-electron chi connectivity index (χ0n) is 14.2. The number of aromatic nitrogens is 4. The standard InChI is InChI=1S/C16H24N8O/c25-16(22-14-12-20-21-13-14)19-4-1-2-7-23-8-10-24(11-9-23)15-17-5-3-6-18-15/h3,5-6,12-13H,1-2,4,7-11H2,(H,20,21)(H2,19,22,25). The third-order valence-corrected chi connectivity index (χ3v) is 4.15. The van der Waals surface area contributed by atoms with Gasteiger partial charge in [-0.15, -0.1) is 0 Å². The third-order valence-electron chi connectivity index (χ3n) is 4.15. The molecule has 1 saturated heterocycles. The van der Waals surface area contributed by atoms with E-state index in [1.54, 1.807) is 24.8 Å². The molecular weight excluding hydrogens is 320 g/mol. The van der Waals surface area contributed by atoms with Crippen LogP contribution in [0, 0.1) is 0 Å². The number of hydrogen-bond acceptors (Lipinski definition) is 6. The second-order valence-electron chi connectivity index (χ2n) is 5.95. The molecule has 0 unspecified atom stereocenters. The SMILES string of the molecule is O=C(NCCCCN1CCN(c2ncccn2)CC1)Nc1cn[nH]c1. The molecular formula is C16H24N8O. The second-order valence-corrected chi connectivity index (χ2v) is 5.95. The summed E-state index contributed by atoms with van der Waals surface area (Å²) < 4.78 is 0. The van der Waals surface area contributed by atoms with Gasteiger partial charge in [0, 0.05) is 51.3 Å². The van der Waals surface area contributed by atoms with Gasteiger partial charge in [0.2, 0.25) is 5.95 Å². The Morgan fingerprint density at radius 1 is 1.16 bits per heavy atom. The number of aromatic amines is 1. The van der Waals surface area contributed by atoms with Crippen molar-refractivity contribution in [1.29, 1.82) is 0 Å². The van der Waals surface area contributed by atoms with Crippen LogP contribution in [0.15, 0.2) is 30.9 Å². The number of nitrogens with zero attached hydrogens (tertiary/aromatic N) is 5. The number of rotatable bonds is 7. The third kappa shape index (κ3) is 5.42. The van der Waals surface area contributed by atoms with E-state index in [0.717, 1.165) is 51.5 Å². The van der Waals surface area contributed by atoms with E-state index in [9.17, 15) is 4.79 Å². The van der Waals surface area contributed by atoms with Gasteiger partial charge in [-0.25, -0.2) is 14.8 Å². The highest BCUT2D eigenvalue weighted by atomic mass is 16.2. The Balaban J connectivity index is 1.25.